The van der Waals surface area contributed by atoms with Gasteiger partial charge in [0.25, 0.3) is 0 Å². The minimum Gasteiger partial charge on any atom is -0.465 e. The number of aromatic amines is 1. The van der Waals surface area contributed by atoms with Crippen LogP contribution in [-0.2, 0) is 33.8 Å². The Bertz CT molecular complexity index is 2040. The summed E-state index contributed by atoms with van der Waals surface area (Å²) in [5.74, 6) is 5.66. The minimum absolute atomic E-state index is 0.192. The van der Waals surface area contributed by atoms with Gasteiger partial charge in [0.15, 0.2) is 0 Å². The number of carbonyl (C=O) groups is 4. The number of amides is 4. The molecule has 0 saturated heterocycles. The first-order chi connectivity index (χ1) is 25.5. The van der Waals surface area contributed by atoms with Crippen LogP contribution in [0.4, 0.5) is 4.79 Å². The summed E-state index contributed by atoms with van der Waals surface area (Å²) in [7, 11) is 0. The Kier molecular flexibility index (Phi) is 12.7. The predicted molar refractivity (Wildman–Crippen MR) is 206 cm³/mol. The smallest absolute Gasteiger partial charge is 0.405 e. The van der Waals surface area contributed by atoms with Crippen LogP contribution in [0.15, 0.2) is 72.9 Å². The van der Waals surface area contributed by atoms with Crippen LogP contribution in [0.5, 0.6) is 0 Å². The quantitative estimate of drug-likeness (QED) is 0.0436. The normalized spacial score (nSPS) is 12.0. The SMILES string of the molecule is C=C(CN(CCC)C(=O)CNC(=O)O)N/C(=C\C)c1ccc2c(c1)CCc1cc(-c3ccc4nc(CN(CCC)C(=O)CN(N)C=O)[nH]c4c3)ccc1-2. The number of carbonyl (C=O) groups excluding carboxylic acids is 3. The topological polar surface area (TPSA) is 177 Å². The van der Waals surface area contributed by atoms with Crippen LogP contribution in [0.3, 0.4) is 0 Å². The lowest BCUT2D eigenvalue weighted by Crippen LogP contribution is -2.42. The van der Waals surface area contributed by atoms with Crippen LogP contribution in [-0.4, -0.2) is 86.9 Å². The van der Waals surface area contributed by atoms with Gasteiger partial charge in [0, 0.05) is 24.5 Å². The molecule has 0 fully saturated rings. The Morgan fingerprint density at radius 2 is 1.58 bits per heavy atom. The molecule has 53 heavy (non-hydrogen) atoms. The van der Waals surface area contributed by atoms with Gasteiger partial charge in [-0.3, -0.25) is 19.4 Å². The van der Waals surface area contributed by atoms with E-state index >= 15 is 0 Å². The number of imidazole rings is 1. The summed E-state index contributed by atoms with van der Waals surface area (Å²) in [6, 6.07) is 19.2. The van der Waals surface area contributed by atoms with E-state index in [0.717, 1.165) is 64.1 Å². The molecule has 0 radical (unpaired) electrons. The highest BCUT2D eigenvalue weighted by Crippen LogP contribution is 2.37. The van der Waals surface area contributed by atoms with E-state index < -0.39 is 6.09 Å². The van der Waals surface area contributed by atoms with Crippen molar-refractivity contribution in [1.82, 2.24) is 35.4 Å². The lowest BCUT2D eigenvalue weighted by atomic mass is 9.83. The highest BCUT2D eigenvalue weighted by atomic mass is 16.4. The van der Waals surface area contributed by atoms with Crippen molar-refractivity contribution in [3.8, 4) is 22.3 Å². The first-order valence-electron chi connectivity index (χ1n) is 17.9. The zero-order valence-electron chi connectivity index (χ0n) is 30.6. The summed E-state index contributed by atoms with van der Waals surface area (Å²) >= 11 is 0. The number of aryl methyl sites for hydroxylation is 2. The molecule has 0 aliphatic heterocycles. The first-order valence-corrected chi connectivity index (χ1v) is 17.9. The predicted octanol–water partition coefficient (Wildman–Crippen LogP) is 5.04. The summed E-state index contributed by atoms with van der Waals surface area (Å²) in [6.07, 6.45) is 4.46. The zero-order valence-corrected chi connectivity index (χ0v) is 30.6. The molecule has 0 bridgehead atoms. The van der Waals surface area contributed by atoms with Crippen molar-refractivity contribution in [2.75, 3.05) is 32.7 Å². The molecular formula is C40H48N8O5. The molecule has 1 aromatic heterocycles. The van der Waals surface area contributed by atoms with Gasteiger partial charge in [-0.1, -0.05) is 62.9 Å². The molecule has 4 amide bonds. The maximum absolute atomic E-state index is 12.7. The molecule has 13 heteroatoms. The third kappa shape index (κ3) is 9.49. The lowest BCUT2D eigenvalue weighted by Gasteiger charge is -2.25. The van der Waals surface area contributed by atoms with Crippen LogP contribution >= 0.6 is 0 Å². The number of aromatic nitrogens is 2. The van der Waals surface area contributed by atoms with Crippen LogP contribution in [0.1, 0.15) is 56.1 Å². The molecule has 0 spiro atoms. The molecule has 0 saturated carbocycles. The fourth-order valence-corrected chi connectivity index (χ4v) is 6.69. The Morgan fingerprint density at radius 1 is 0.925 bits per heavy atom. The number of rotatable bonds is 17. The minimum atomic E-state index is -1.23. The number of hydrogen-bond donors (Lipinski definition) is 5. The third-order valence-electron chi connectivity index (χ3n) is 9.20. The van der Waals surface area contributed by atoms with E-state index in [-0.39, 0.29) is 38.0 Å². The highest BCUT2D eigenvalue weighted by molar-refractivity contribution is 5.85. The van der Waals surface area contributed by atoms with E-state index in [1.165, 1.54) is 22.3 Å². The molecule has 1 heterocycles. The van der Waals surface area contributed by atoms with E-state index in [0.29, 0.717) is 31.0 Å². The average molecular weight is 721 g/mol. The number of nitrogens with two attached hydrogens (primary N) is 1. The molecule has 278 valence electrons. The van der Waals surface area contributed by atoms with Gasteiger partial charge in [-0.2, -0.15) is 0 Å². The zero-order chi connectivity index (χ0) is 38.1. The number of nitrogens with zero attached hydrogens (tertiary/aromatic N) is 4. The molecule has 3 aromatic carbocycles. The number of fused-ring (bicyclic) bond motifs is 4. The van der Waals surface area contributed by atoms with Crippen molar-refractivity contribution < 1.29 is 24.3 Å². The maximum Gasteiger partial charge on any atom is 0.405 e. The van der Waals surface area contributed by atoms with E-state index in [4.69, 9.17) is 15.9 Å². The second-order valence-electron chi connectivity index (χ2n) is 13.2. The van der Waals surface area contributed by atoms with Gasteiger partial charge in [-0.05, 0) is 89.8 Å². The van der Waals surface area contributed by atoms with Gasteiger partial charge in [-0.15, -0.1) is 0 Å². The molecule has 5 rings (SSSR count). The molecule has 13 nitrogen and oxygen atoms in total. The number of hydrogen-bond acceptors (Lipinski definition) is 7. The van der Waals surface area contributed by atoms with Crippen LogP contribution in [0, 0.1) is 0 Å². The molecule has 6 N–H and O–H groups in total. The summed E-state index contributed by atoms with van der Waals surface area (Å²) in [5, 5.41) is 15.3. The van der Waals surface area contributed by atoms with Crippen LogP contribution in [0.25, 0.3) is 39.0 Å². The number of allylic oxidation sites excluding steroid dienone is 1. The van der Waals surface area contributed by atoms with Gasteiger partial charge in [0.05, 0.1) is 24.1 Å². The van der Waals surface area contributed by atoms with Crippen molar-refractivity contribution in [3.05, 3.63) is 95.5 Å². The monoisotopic (exact) mass is 720 g/mol. The molecule has 1 aliphatic rings. The molecule has 1 aliphatic carbocycles. The molecular weight excluding hydrogens is 672 g/mol. The van der Waals surface area contributed by atoms with Gasteiger partial charge >= 0.3 is 6.09 Å². The Hall–Kier alpha value is -5.95. The number of benzene rings is 3. The van der Waals surface area contributed by atoms with Gasteiger partial charge in [-0.25, -0.2) is 15.6 Å². The molecule has 0 atom stereocenters. The molecule has 0 unspecified atom stereocenters. The van der Waals surface area contributed by atoms with E-state index in [1.54, 1.807) is 9.80 Å². The van der Waals surface area contributed by atoms with Crippen molar-refractivity contribution in [2.24, 2.45) is 5.84 Å². The lowest BCUT2D eigenvalue weighted by molar-refractivity contribution is -0.136. The van der Waals surface area contributed by atoms with Crippen molar-refractivity contribution in [3.63, 3.8) is 0 Å². The second kappa shape index (κ2) is 17.5. The number of H-pyrrole nitrogens is 1. The maximum atomic E-state index is 12.7. The fourth-order valence-electron chi connectivity index (χ4n) is 6.69. The standard InChI is InChI=1S/C40H48N8O5/c1-5-16-46(38(50)21-42-40(52)53)22-26(4)43-34(7-3)31-11-14-33-30(19-31)9-8-29-18-27(10-13-32(29)33)28-12-15-35-36(20-28)45-37(44-35)23-47(17-6-2)39(51)24-48(41)25-49/h7,10-15,18-20,25,42-43H,4-6,8-9,16-17,21-24,41H2,1-3H3,(H,44,45)(H,52,53)/b34-7-. The number of hydrazine groups is 1. The van der Waals surface area contributed by atoms with Crippen LogP contribution in [0.2, 0.25) is 0 Å². The van der Waals surface area contributed by atoms with Crippen molar-refractivity contribution in [2.45, 2.75) is 53.0 Å². The molecule has 4 aromatic rings. The largest absolute Gasteiger partial charge is 0.465 e. The average Bonchev–Trinajstić information content (AvgIpc) is 3.56. The number of nitrogens with one attached hydrogen (secondary N) is 3. The number of carboxylic acid groups (broad SMARTS) is 1. The van der Waals surface area contributed by atoms with Gasteiger partial charge in [0.1, 0.15) is 18.9 Å². The summed E-state index contributed by atoms with van der Waals surface area (Å²) in [5.41, 5.74) is 11.3. The second-order valence-corrected chi connectivity index (χ2v) is 13.2. The van der Waals surface area contributed by atoms with Crippen molar-refractivity contribution >= 4 is 41.0 Å². The summed E-state index contributed by atoms with van der Waals surface area (Å²) < 4.78 is 0. The van der Waals surface area contributed by atoms with Crippen LogP contribution < -0.4 is 16.5 Å². The Balaban J connectivity index is 1.29. The Labute approximate surface area is 309 Å². The highest BCUT2D eigenvalue weighted by Gasteiger charge is 2.21. The van der Waals surface area contributed by atoms with Gasteiger partial charge in [0.2, 0.25) is 18.2 Å². The summed E-state index contributed by atoms with van der Waals surface area (Å²) in [6.45, 7) is 11.1. The summed E-state index contributed by atoms with van der Waals surface area (Å²) in [4.78, 5) is 58.5. The van der Waals surface area contributed by atoms with E-state index in [9.17, 15) is 19.2 Å². The fraction of sp³-hybridized carbons (Fsp3) is 0.325. The first kappa shape index (κ1) is 38.3. The third-order valence-corrected chi connectivity index (χ3v) is 9.20. The van der Waals surface area contributed by atoms with E-state index in [1.807, 2.05) is 32.9 Å². The van der Waals surface area contributed by atoms with E-state index in [2.05, 4.69) is 70.7 Å². The van der Waals surface area contributed by atoms with Crippen molar-refractivity contribution in [1.29, 1.82) is 0 Å². The Morgan fingerprint density at radius 3 is 2.26 bits per heavy atom. The van der Waals surface area contributed by atoms with Gasteiger partial charge < -0.3 is 30.5 Å².